The van der Waals surface area contributed by atoms with E-state index in [2.05, 4.69) is 48.3 Å². The highest BCUT2D eigenvalue weighted by atomic mass is 16.3. The number of aliphatic hydroxyl groups excluding tert-OH is 1. The van der Waals surface area contributed by atoms with Gasteiger partial charge in [-0.1, -0.05) is 31.2 Å². The molecule has 2 N–H and O–H groups in total. The second-order valence-electron chi connectivity index (χ2n) is 6.54. The number of rotatable bonds is 7. The van der Waals surface area contributed by atoms with E-state index in [0.717, 1.165) is 39.0 Å². The number of hydrogen-bond acceptors (Lipinski definition) is 3. The summed E-state index contributed by atoms with van der Waals surface area (Å²) in [5, 5.41) is 13.2. The van der Waals surface area contributed by atoms with Crippen LogP contribution < -0.4 is 5.32 Å². The molecule has 2 rings (SSSR count). The van der Waals surface area contributed by atoms with Crippen molar-refractivity contribution in [3.8, 4) is 0 Å². The average Bonchev–Trinajstić information content (AvgIpc) is 2.73. The van der Waals surface area contributed by atoms with E-state index in [1.807, 2.05) is 0 Å². The Labute approximate surface area is 129 Å². The van der Waals surface area contributed by atoms with E-state index in [4.69, 9.17) is 0 Å². The van der Waals surface area contributed by atoms with Gasteiger partial charge < -0.3 is 10.4 Å². The summed E-state index contributed by atoms with van der Waals surface area (Å²) in [6.45, 7) is 8.72. The van der Waals surface area contributed by atoms with Gasteiger partial charge in [0.25, 0.3) is 0 Å². The maximum atomic E-state index is 9.67. The predicted octanol–water partition coefficient (Wildman–Crippen LogP) is 2.58. The fraction of sp³-hybridized carbons (Fsp3) is 0.667. The molecule has 0 radical (unpaired) electrons. The van der Waals surface area contributed by atoms with Crippen molar-refractivity contribution in [3.05, 3.63) is 35.4 Å². The molecule has 1 heterocycles. The predicted molar refractivity (Wildman–Crippen MR) is 88.4 cm³/mol. The first-order chi connectivity index (χ1) is 10.2. The van der Waals surface area contributed by atoms with Crippen LogP contribution in [0.2, 0.25) is 0 Å². The highest BCUT2D eigenvalue weighted by molar-refractivity contribution is 5.28. The van der Waals surface area contributed by atoms with Crippen LogP contribution in [0.25, 0.3) is 0 Å². The molecule has 1 unspecified atom stereocenters. The van der Waals surface area contributed by atoms with Gasteiger partial charge in [0.15, 0.2) is 0 Å². The minimum Gasteiger partial charge on any atom is -0.394 e. The maximum absolute atomic E-state index is 9.67. The lowest BCUT2D eigenvalue weighted by atomic mass is 9.98. The molecule has 3 heteroatoms. The van der Waals surface area contributed by atoms with Crippen molar-refractivity contribution in [2.45, 2.75) is 51.6 Å². The first kappa shape index (κ1) is 16.5. The van der Waals surface area contributed by atoms with Crippen LogP contribution in [0.1, 0.15) is 44.2 Å². The Morgan fingerprint density at radius 2 is 2.05 bits per heavy atom. The van der Waals surface area contributed by atoms with Gasteiger partial charge in [-0.3, -0.25) is 4.90 Å². The standard InChI is InChI=1S/C18H30N2O/c1-3-11-19-18(2,15-21)10-13-20-12-6-9-16-7-4-5-8-17(16)14-20/h4-5,7-8,19,21H,3,6,9-15H2,1-2H3. The third-order valence-corrected chi connectivity index (χ3v) is 4.56. The summed E-state index contributed by atoms with van der Waals surface area (Å²) in [7, 11) is 0. The van der Waals surface area contributed by atoms with Crippen LogP contribution in [0.4, 0.5) is 0 Å². The Morgan fingerprint density at radius 3 is 2.76 bits per heavy atom. The van der Waals surface area contributed by atoms with Crippen molar-refractivity contribution in [2.75, 3.05) is 26.2 Å². The molecule has 21 heavy (non-hydrogen) atoms. The molecule has 0 aromatic heterocycles. The summed E-state index contributed by atoms with van der Waals surface area (Å²) in [5.41, 5.74) is 2.83. The van der Waals surface area contributed by atoms with E-state index in [-0.39, 0.29) is 12.1 Å². The van der Waals surface area contributed by atoms with Gasteiger partial charge in [-0.25, -0.2) is 0 Å². The molecule has 0 saturated carbocycles. The Balaban J connectivity index is 1.91. The third kappa shape index (κ3) is 4.80. The highest BCUT2D eigenvalue weighted by Crippen LogP contribution is 2.20. The highest BCUT2D eigenvalue weighted by Gasteiger charge is 2.24. The Morgan fingerprint density at radius 1 is 1.29 bits per heavy atom. The summed E-state index contributed by atoms with van der Waals surface area (Å²) >= 11 is 0. The van der Waals surface area contributed by atoms with Gasteiger partial charge in [-0.05, 0) is 56.8 Å². The van der Waals surface area contributed by atoms with Gasteiger partial charge in [0.1, 0.15) is 0 Å². The third-order valence-electron chi connectivity index (χ3n) is 4.56. The topological polar surface area (TPSA) is 35.5 Å². The molecule has 1 atom stereocenters. The van der Waals surface area contributed by atoms with E-state index in [0.29, 0.717) is 0 Å². The molecule has 1 aliphatic heterocycles. The number of nitrogens with zero attached hydrogens (tertiary/aromatic N) is 1. The van der Waals surface area contributed by atoms with Gasteiger partial charge in [-0.15, -0.1) is 0 Å². The number of nitrogens with one attached hydrogen (secondary N) is 1. The summed E-state index contributed by atoms with van der Waals surface area (Å²) in [4.78, 5) is 2.54. The van der Waals surface area contributed by atoms with E-state index in [9.17, 15) is 5.11 Å². The number of aryl methyl sites for hydroxylation is 1. The number of aliphatic hydroxyl groups is 1. The molecule has 0 spiro atoms. The van der Waals surface area contributed by atoms with Gasteiger partial charge in [0.2, 0.25) is 0 Å². The van der Waals surface area contributed by atoms with E-state index in [1.54, 1.807) is 0 Å². The molecule has 1 aromatic carbocycles. The van der Waals surface area contributed by atoms with Crippen molar-refractivity contribution in [1.29, 1.82) is 0 Å². The maximum Gasteiger partial charge on any atom is 0.0611 e. The van der Waals surface area contributed by atoms with E-state index in [1.165, 1.54) is 24.0 Å². The summed E-state index contributed by atoms with van der Waals surface area (Å²) in [6.07, 6.45) is 4.52. The minimum absolute atomic E-state index is 0.151. The van der Waals surface area contributed by atoms with Crippen LogP contribution in [-0.2, 0) is 13.0 Å². The Kier molecular flexibility index (Phi) is 6.22. The number of benzene rings is 1. The summed E-state index contributed by atoms with van der Waals surface area (Å²) in [6, 6.07) is 8.81. The van der Waals surface area contributed by atoms with Crippen molar-refractivity contribution in [1.82, 2.24) is 10.2 Å². The van der Waals surface area contributed by atoms with Crippen molar-refractivity contribution in [3.63, 3.8) is 0 Å². The summed E-state index contributed by atoms with van der Waals surface area (Å²) in [5.74, 6) is 0. The lowest BCUT2D eigenvalue weighted by Gasteiger charge is -2.32. The number of hydrogen-bond donors (Lipinski definition) is 2. The minimum atomic E-state index is -0.151. The van der Waals surface area contributed by atoms with Crippen LogP contribution in [0.15, 0.2) is 24.3 Å². The second kappa shape index (κ2) is 7.92. The lowest BCUT2D eigenvalue weighted by molar-refractivity contribution is 0.143. The molecule has 118 valence electrons. The van der Waals surface area contributed by atoms with Crippen molar-refractivity contribution < 1.29 is 5.11 Å². The van der Waals surface area contributed by atoms with Crippen LogP contribution in [0.3, 0.4) is 0 Å². The van der Waals surface area contributed by atoms with Gasteiger partial charge in [-0.2, -0.15) is 0 Å². The number of fused-ring (bicyclic) bond motifs is 1. The average molecular weight is 290 g/mol. The van der Waals surface area contributed by atoms with Gasteiger partial charge in [0.05, 0.1) is 6.61 Å². The summed E-state index contributed by atoms with van der Waals surface area (Å²) < 4.78 is 0. The van der Waals surface area contributed by atoms with Crippen LogP contribution >= 0.6 is 0 Å². The second-order valence-corrected chi connectivity index (χ2v) is 6.54. The fourth-order valence-corrected chi connectivity index (χ4v) is 3.01. The van der Waals surface area contributed by atoms with Crippen molar-refractivity contribution in [2.24, 2.45) is 0 Å². The molecule has 1 aromatic rings. The van der Waals surface area contributed by atoms with E-state index < -0.39 is 0 Å². The first-order valence-corrected chi connectivity index (χ1v) is 8.32. The smallest absolute Gasteiger partial charge is 0.0611 e. The molecular weight excluding hydrogens is 260 g/mol. The largest absolute Gasteiger partial charge is 0.394 e. The lowest BCUT2D eigenvalue weighted by Crippen LogP contribution is -2.48. The molecule has 0 saturated heterocycles. The molecule has 1 aliphatic rings. The fourth-order valence-electron chi connectivity index (χ4n) is 3.01. The SMILES string of the molecule is CCCNC(C)(CO)CCN1CCCc2ccccc2C1. The molecule has 0 fully saturated rings. The molecule has 0 bridgehead atoms. The molecule has 0 amide bonds. The van der Waals surface area contributed by atoms with Crippen LogP contribution in [0, 0.1) is 0 Å². The van der Waals surface area contributed by atoms with E-state index >= 15 is 0 Å². The van der Waals surface area contributed by atoms with Crippen LogP contribution in [0.5, 0.6) is 0 Å². The van der Waals surface area contributed by atoms with Crippen LogP contribution in [-0.4, -0.2) is 41.8 Å². The van der Waals surface area contributed by atoms with Crippen molar-refractivity contribution >= 4 is 0 Å². The molecule has 3 nitrogen and oxygen atoms in total. The quantitative estimate of drug-likeness (QED) is 0.810. The monoisotopic (exact) mass is 290 g/mol. The molecular formula is C18H30N2O. The van der Waals surface area contributed by atoms with Gasteiger partial charge >= 0.3 is 0 Å². The van der Waals surface area contributed by atoms with Gasteiger partial charge in [0, 0.05) is 18.6 Å². The Bertz CT molecular complexity index is 435. The zero-order valence-electron chi connectivity index (χ0n) is 13.6. The first-order valence-electron chi connectivity index (χ1n) is 8.32. The molecule has 0 aliphatic carbocycles. The Hall–Kier alpha value is -0.900. The normalized spacial score (nSPS) is 18.8. The zero-order valence-corrected chi connectivity index (χ0v) is 13.6. The zero-order chi connectivity index (χ0) is 15.1.